The van der Waals surface area contributed by atoms with Crippen LogP contribution in [0.25, 0.3) is 0 Å². The first-order valence-electron chi connectivity index (χ1n) is 5.27. The Morgan fingerprint density at radius 3 is 2.63 bits per heavy atom. The lowest BCUT2D eigenvalue weighted by molar-refractivity contribution is -0.380. The van der Waals surface area contributed by atoms with Crippen LogP contribution in [0.5, 0.6) is 0 Å². The van der Waals surface area contributed by atoms with Gasteiger partial charge in [0.25, 0.3) is 5.91 Å². The summed E-state index contributed by atoms with van der Waals surface area (Å²) in [6.07, 6.45) is 1.04. The zero-order chi connectivity index (χ0) is 14.6. The number of esters is 1. The number of nitrogens with zero attached hydrogens (tertiary/aromatic N) is 2. The van der Waals surface area contributed by atoms with E-state index in [4.69, 9.17) is 4.74 Å². The minimum absolute atomic E-state index is 0.0866. The summed E-state index contributed by atoms with van der Waals surface area (Å²) in [4.78, 5) is 36.3. The van der Waals surface area contributed by atoms with Crippen LogP contribution >= 0.6 is 11.3 Å². The molecular formula is C10H13N3O5S. The lowest BCUT2D eigenvalue weighted by Crippen LogP contribution is -2.27. The molecule has 104 valence electrons. The van der Waals surface area contributed by atoms with Crippen LogP contribution in [0.2, 0.25) is 0 Å². The molecule has 1 aromatic rings. The van der Waals surface area contributed by atoms with Gasteiger partial charge in [-0.05, 0) is 32.1 Å². The maximum atomic E-state index is 11.4. The summed E-state index contributed by atoms with van der Waals surface area (Å²) in [7, 11) is 0. The van der Waals surface area contributed by atoms with Crippen LogP contribution in [0.1, 0.15) is 20.8 Å². The molecule has 0 unspecified atom stereocenters. The van der Waals surface area contributed by atoms with Crippen molar-refractivity contribution in [2.24, 2.45) is 5.41 Å². The number of hydrogen-bond donors (Lipinski definition) is 1. The minimum atomic E-state index is -0.694. The number of anilines is 1. The van der Waals surface area contributed by atoms with Crippen molar-refractivity contribution in [3.8, 4) is 0 Å². The number of amides is 1. The van der Waals surface area contributed by atoms with E-state index in [1.807, 2.05) is 0 Å². The van der Waals surface area contributed by atoms with Crippen LogP contribution in [0.4, 0.5) is 10.1 Å². The van der Waals surface area contributed by atoms with E-state index in [2.05, 4.69) is 10.3 Å². The Labute approximate surface area is 112 Å². The molecule has 0 aliphatic heterocycles. The monoisotopic (exact) mass is 287 g/mol. The Bertz CT molecular complexity index is 506. The molecule has 0 atom stereocenters. The first-order chi connectivity index (χ1) is 8.70. The molecule has 0 fully saturated rings. The van der Waals surface area contributed by atoms with E-state index in [1.165, 1.54) is 0 Å². The van der Waals surface area contributed by atoms with Crippen molar-refractivity contribution in [1.29, 1.82) is 0 Å². The topological polar surface area (TPSA) is 111 Å². The number of carbonyl (C=O) groups is 2. The molecule has 0 radical (unpaired) electrons. The summed E-state index contributed by atoms with van der Waals surface area (Å²) in [6.45, 7) is 4.54. The number of aromatic nitrogens is 1. The third kappa shape index (κ3) is 4.62. The van der Waals surface area contributed by atoms with Gasteiger partial charge in [-0.2, -0.15) is 0 Å². The normalized spacial score (nSPS) is 10.9. The second kappa shape index (κ2) is 5.74. The molecule has 0 saturated heterocycles. The van der Waals surface area contributed by atoms with Gasteiger partial charge < -0.3 is 4.74 Å². The standard InChI is InChI=1S/C10H13N3O5S/c1-10(2,3)8(15)18-5-6(14)12-9-11-4-7(19-9)13(16)17/h4H,5H2,1-3H3,(H,11,12,14). The zero-order valence-electron chi connectivity index (χ0n) is 10.6. The largest absolute Gasteiger partial charge is 0.455 e. The van der Waals surface area contributed by atoms with E-state index in [0.29, 0.717) is 0 Å². The Balaban J connectivity index is 2.47. The Hall–Kier alpha value is -2.03. The van der Waals surface area contributed by atoms with Crippen LogP contribution in [0.15, 0.2) is 6.20 Å². The molecule has 0 saturated carbocycles. The number of ether oxygens (including phenoxy) is 1. The van der Waals surface area contributed by atoms with E-state index >= 15 is 0 Å². The Kier molecular flexibility index (Phi) is 4.54. The quantitative estimate of drug-likeness (QED) is 0.511. The molecule has 1 N–H and O–H groups in total. The average Bonchev–Trinajstić information content (AvgIpc) is 2.73. The summed E-state index contributed by atoms with van der Waals surface area (Å²) < 4.78 is 4.79. The Morgan fingerprint density at radius 1 is 1.53 bits per heavy atom. The van der Waals surface area contributed by atoms with Gasteiger partial charge in [0.05, 0.1) is 10.3 Å². The number of hydrogen-bond acceptors (Lipinski definition) is 7. The van der Waals surface area contributed by atoms with Crippen LogP contribution in [0.3, 0.4) is 0 Å². The highest BCUT2D eigenvalue weighted by atomic mass is 32.1. The fraction of sp³-hybridized carbons (Fsp3) is 0.500. The second-order valence-electron chi connectivity index (χ2n) is 4.64. The van der Waals surface area contributed by atoms with Crippen LogP contribution in [0, 0.1) is 15.5 Å². The highest BCUT2D eigenvalue weighted by Gasteiger charge is 2.24. The van der Waals surface area contributed by atoms with Crippen LogP contribution < -0.4 is 5.32 Å². The lowest BCUT2D eigenvalue weighted by Gasteiger charge is -2.15. The van der Waals surface area contributed by atoms with E-state index in [0.717, 1.165) is 17.5 Å². The second-order valence-corrected chi connectivity index (χ2v) is 5.64. The van der Waals surface area contributed by atoms with Crippen molar-refractivity contribution in [1.82, 2.24) is 4.98 Å². The van der Waals surface area contributed by atoms with Crippen molar-refractivity contribution in [2.45, 2.75) is 20.8 Å². The molecule has 1 heterocycles. The maximum Gasteiger partial charge on any atom is 0.345 e. The summed E-state index contributed by atoms with van der Waals surface area (Å²) in [5.41, 5.74) is -0.694. The molecule has 1 amide bonds. The van der Waals surface area contributed by atoms with Crippen LogP contribution in [-0.4, -0.2) is 28.4 Å². The molecule has 1 rings (SSSR count). The maximum absolute atomic E-state index is 11.4. The predicted octanol–water partition coefficient (Wildman–Crippen LogP) is 1.58. The third-order valence-corrected chi connectivity index (χ3v) is 2.73. The predicted molar refractivity (Wildman–Crippen MR) is 67.8 cm³/mol. The fourth-order valence-corrected chi connectivity index (χ4v) is 1.56. The smallest absolute Gasteiger partial charge is 0.345 e. The Morgan fingerprint density at radius 2 is 2.16 bits per heavy atom. The van der Waals surface area contributed by atoms with E-state index < -0.39 is 28.8 Å². The summed E-state index contributed by atoms with van der Waals surface area (Å²) >= 11 is 0.726. The fourth-order valence-electron chi connectivity index (χ4n) is 0.911. The van der Waals surface area contributed by atoms with Gasteiger partial charge in [0, 0.05) is 0 Å². The summed E-state index contributed by atoms with van der Waals surface area (Å²) in [5.74, 6) is -1.10. The first-order valence-corrected chi connectivity index (χ1v) is 6.09. The average molecular weight is 287 g/mol. The molecule has 0 aromatic carbocycles. The first kappa shape index (κ1) is 15.0. The number of rotatable bonds is 4. The lowest BCUT2D eigenvalue weighted by atomic mass is 9.97. The highest BCUT2D eigenvalue weighted by Crippen LogP contribution is 2.24. The third-order valence-electron chi connectivity index (χ3n) is 1.87. The van der Waals surface area contributed by atoms with Gasteiger partial charge >= 0.3 is 11.0 Å². The van der Waals surface area contributed by atoms with Crippen molar-refractivity contribution in [2.75, 3.05) is 11.9 Å². The van der Waals surface area contributed by atoms with E-state index in [-0.39, 0.29) is 10.1 Å². The SMILES string of the molecule is CC(C)(C)C(=O)OCC(=O)Nc1ncc([N+](=O)[O-])s1. The molecule has 0 aliphatic rings. The number of nitrogens with one attached hydrogen (secondary N) is 1. The summed E-state index contributed by atoms with van der Waals surface area (Å²) in [6, 6.07) is 0. The van der Waals surface area contributed by atoms with E-state index in [1.54, 1.807) is 20.8 Å². The van der Waals surface area contributed by atoms with Gasteiger partial charge in [-0.3, -0.25) is 25.0 Å². The van der Waals surface area contributed by atoms with Crippen LogP contribution in [-0.2, 0) is 14.3 Å². The summed E-state index contributed by atoms with van der Waals surface area (Å²) in [5, 5.41) is 12.6. The number of thiazole rings is 1. The van der Waals surface area contributed by atoms with Gasteiger partial charge in [-0.25, -0.2) is 4.98 Å². The molecular weight excluding hydrogens is 274 g/mol. The molecule has 8 nitrogen and oxygen atoms in total. The van der Waals surface area contributed by atoms with Gasteiger partial charge in [0.1, 0.15) is 6.20 Å². The molecule has 0 spiro atoms. The van der Waals surface area contributed by atoms with E-state index in [9.17, 15) is 19.7 Å². The molecule has 19 heavy (non-hydrogen) atoms. The van der Waals surface area contributed by atoms with Gasteiger partial charge in [0.15, 0.2) is 11.7 Å². The molecule has 1 aromatic heterocycles. The van der Waals surface area contributed by atoms with Crippen molar-refractivity contribution >= 4 is 33.3 Å². The number of nitro groups is 1. The molecule has 0 bridgehead atoms. The van der Waals surface area contributed by atoms with Gasteiger partial charge in [-0.15, -0.1) is 0 Å². The van der Waals surface area contributed by atoms with Crippen molar-refractivity contribution < 1.29 is 19.2 Å². The highest BCUT2D eigenvalue weighted by molar-refractivity contribution is 7.18. The minimum Gasteiger partial charge on any atom is -0.455 e. The zero-order valence-corrected chi connectivity index (χ0v) is 11.4. The van der Waals surface area contributed by atoms with Crippen molar-refractivity contribution in [3.63, 3.8) is 0 Å². The number of carbonyl (C=O) groups excluding carboxylic acids is 2. The van der Waals surface area contributed by atoms with Gasteiger partial charge in [0.2, 0.25) is 0 Å². The van der Waals surface area contributed by atoms with Gasteiger partial charge in [-0.1, -0.05) is 0 Å². The van der Waals surface area contributed by atoms with Crippen molar-refractivity contribution in [3.05, 3.63) is 16.3 Å². The molecule has 0 aliphatic carbocycles. The molecule has 9 heteroatoms.